The van der Waals surface area contributed by atoms with E-state index in [0.29, 0.717) is 6.61 Å². The summed E-state index contributed by atoms with van der Waals surface area (Å²) < 4.78 is 23.7. The number of aliphatic hydroxyl groups excluding tert-OH is 1. The van der Waals surface area contributed by atoms with E-state index in [9.17, 15) is 19.5 Å². The van der Waals surface area contributed by atoms with Crippen LogP contribution in [-0.4, -0.2) is 79.7 Å². The van der Waals surface area contributed by atoms with E-state index in [4.69, 9.17) is 18.9 Å². The molecule has 0 aromatic heterocycles. The fourth-order valence-electron chi connectivity index (χ4n) is 4.60. The molecule has 1 saturated heterocycles. The van der Waals surface area contributed by atoms with Gasteiger partial charge in [0, 0.05) is 21.6 Å². The van der Waals surface area contributed by atoms with E-state index in [1.807, 2.05) is 30.3 Å². The summed E-state index contributed by atoms with van der Waals surface area (Å²) in [5.74, 6) is -1.77. The molecule has 5 atom stereocenters. The van der Waals surface area contributed by atoms with E-state index in [2.05, 4.69) is 19.6 Å². The van der Waals surface area contributed by atoms with E-state index < -0.39 is 56.5 Å². The molecule has 2 aromatic rings. The zero-order valence-electron chi connectivity index (χ0n) is 22.2. The second-order valence-corrected chi connectivity index (χ2v) is 16.4. The van der Waals surface area contributed by atoms with Gasteiger partial charge in [0.2, 0.25) is 0 Å². The summed E-state index contributed by atoms with van der Waals surface area (Å²) in [6.07, 6.45) is -4.70. The number of nitrogens with zero attached hydrogens (tertiary/aromatic N) is 1. The summed E-state index contributed by atoms with van der Waals surface area (Å²) in [4.78, 5) is 39.9. The number of esters is 1. The number of imide groups is 1. The van der Waals surface area contributed by atoms with Crippen LogP contribution in [-0.2, 0) is 30.3 Å². The van der Waals surface area contributed by atoms with Crippen molar-refractivity contribution in [2.45, 2.75) is 69.9 Å². The number of hydrogen-bond donors (Lipinski definition) is 1. The molecule has 0 spiro atoms. The van der Waals surface area contributed by atoms with E-state index in [1.165, 1.54) is 6.92 Å². The van der Waals surface area contributed by atoms with Crippen molar-refractivity contribution in [2.75, 3.05) is 13.2 Å². The molecule has 2 aliphatic heterocycles. The smallest absolute Gasteiger partial charge is 0.303 e. The molecule has 0 aliphatic carbocycles. The van der Waals surface area contributed by atoms with Crippen LogP contribution in [0.4, 0.5) is 0 Å². The Kier molecular flexibility index (Phi) is 8.79. The molecule has 204 valence electrons. The van der Waals surface area contributed by atoms with Crippen molar-refractivity contribution in [3.63, 3.8) is 0 Å². The maximum Gasteiger partial charge on any atom is 0.303 e. The minimum absolute atomic E-state index is 0.0173. The Morgan fingerprint density at radius 2 is 1.61 bits per heavy atom. The van der Waals surface area contributed by atoms with E-state index in [1.54, 1.807) is 24.3 Å². The van der Waals surface area contributed by atoms with Gasteiger partial charge in [0.15, 0.2) is 12.4 Å². The van der Waals surface area contributed by atoms with Crippen molar-refractivity contribution in [2.24, 2.45) is 0 Å². The maximum atomic E-state index is 13.4. The van der Waals surface area contributed by atoms with Gasteiger partial charge in [0.05, 0.1) is 24.3 Å². The number of carbonyl (C=O) groups excluding carboxylic acids is 3. The van der Waals surface area contributed by atoms with Gasteiger partial charge in [0.25, 0.3) is 11.8 Å². The number of aliphatic hydroxyl groups is 1. The van der Waals surface area contributed by atoms with Gasteiger partial charge in [-0.15, -0.1) is 0 Å². The van der Waals surface area contributed by atoms with Crippen LogP contribution in [0, 0.1) is 0 Å². The molecular formula is C28H35NO8Si. The summed E-state index contributed by atoms with van der Waals surface area (Å²) >= 11 is 0. The van der Waals surface area contributed by atoms with Gasteiger partial charge in [-0.25, -0.2) is 0 Å². The first-order chi connectivity index (χ1) is 18.1. The lowest BCUT2D eigenvalue weighted by Crippen LogP contribution is -2.66. The predicted molar refractivity (Wildman–Crippen MR) is 141 cm³/mol. The third kappa shape index (κ3) is 6.39. The summed E-state index contributed by atoms with van der Waals surface area (Å²) in [6.45, 7) is 8.40. The van der Waals surface area contributed by atoms with Crippen LogP contribution in [0.15, 0.2) is 54.6 Å². The quantitative estimate of drug-likeness (QED) is 0.277. The maximum absolute atomic E-state index is 13.4. The monoisotopic (exact) mass is 541 g/mol. The second-order valence-electron chi connectivity index (χ2n) is 10.8. The molecule has 2 amide bonds. The van der Waals surface area contributed by atoms with Gasteiger partial charge in [-0.3, -0.25) is 19.3 Å². The van der Waals surface area contributed by atoms with E-state index in [-0.39, 0.29) is 24.3 Å². The Hall–Kier alpha value is -2.89. The molecule has 4 rings (SSSR count). The largest absolute Gasteiger partial charge is 0.457 e. The van der Waals surface area contributed by atoms with E-state index in [0.717, 1.165) is 16.5 Å². The topological polar surface area (TPSA) is 112 Å². The van der Waals surface area contributed by atoms with Crippen LogP contribution in [0.2, 0.25) is 25.7 Å². The first-order valence-corrected chi connectivity index (χ1v) is 16.5. The fraction of sp³-hybridized carbons (Fsp3) is 0.464. The zero-order chi connectivity index (χ0) is 27.4. The van der Waals surface area contributed by atoms with Crippen LogP contribution in [0.1, 0.15) is 33.2 Å². The number of hydrogen-bond acceptors (Lipinski definition) is 8. The average Bonchev–Trinajstić information content (AvgIpc) is 3.11. The molecule has 0 unspecified atom stereocenters. The molecule has 2 aliphatic rings. The molecular weight excluding hydrogens is 506 g/mol. The standard InChI is InChI=1S/C28H35NO8Si/c1-18(30)36-25-23(29-26(32)20-12-8-9-13-21(20)27(29)33)28(35-14-15-38(2,3)4)37-22(24(25)31)17-34-16-19-10-6-5-7-11-19/h5-13,22-25,28,31H,14-17H2,1-4H3/t22-,23-,24-,25-,28-/m1/s1. The number of carbonyl (C=O) groups is 3. The minimum Gasteiger partial charge on any atom is -0.457 e. The van der Waals surface area contributed by atoms with Crippen LogP contribution in [0.25, 0.3) is 0 Å². The van der Waals surface area contributed by atoms with Gasteiger partial charge < -0.3 is 24.1 Å². The lowest BCUT2D eigenvalue weighted by atomic mass is 9.95. The van der Waals surface area contributed by atoms with Crippen LogP contribution in [0.3, 0.4) is 0 Å². The Morgan fingerprint density at radius 1 is 1.00 bits per heavy atom. The van der Waals surface area contributed by atoms with Gasteiger partial charge in [-0.05, 0) is 23.7 Å². The van der Waals surface area contributed by atoms with Crippen LogP contribution >= 0.6 is 0 Å². The highest BCUT2D eigenvalue weighted by atomic mass is 28.3. The normalized spacial score (nSPS) is 25.4. The molecule has 2 heterocycles. The van der Waals surface area contributed by atoms with Crippen molar-refractivity contribution in [3.05, 3.63) is 71.3 Å². The molecule has 1 fully saturated rings. The summed E-state index contributed by atoms with van der Waals surface area (Å²) in [7, 11) is -1.49. The van der Waals surface area contributed by atoms with Gasteiger partial charge in [-0.2, -0.15) is 0 Å². The third-order valence-electron chi connectivity index (χ3n) is 6.60. The summed E-state index contributed by atoms with van der Waals surface area (Å²) in [5, 5.41) is 11.3. The first kappa shape index (κ1) is 28.1. The van der Waals surface area contributed by atoms with Gasteiger partial charge in [0.1, 0.15) is 18.2 Å². The second kappa shape index (κ2) is 11.9. The molecule has 1 N–H and O–H groups in total. The van der Waals surface area contributed by atoms with E-state index >= 15 is 0 Å². The number of rotatable bonds is 10. The number of ether oxygens (including phenoxy) is 4. The minimum atomic E-state index is -1.49. The van der Waals surface area contributed by atoms with Crippen molar-refractivity contribution in [1.82, 2.24) is 4.90 Å². The summed E-state index contributed by atoms with van der Waals surface area (Å²) in [5.41, 5.74) is 1.42. The van der Waals surface area contributed by atoms with Crippen LogP contribution in [0.5, 0.6) is 0 Å². The first-order valence-electron chi connectivity index (χ1n) is 12.8. The lowest BCUT2D eigenvalue weighted by molar-refractivity contribution is -0.283. The highest BCUT2D eigenvalue weighted by Crippen LogP contribution is 2.34. The lowest BCUT2D eigenvalue weighted by Gasteiger charge is -2.46. The molecule has 0 bridgehead atoms. The Labute approximate surface area is 223 Å². The van der Waals surface area contributed by atoms with Crippen molar-refractivity contribution in [3.8, 4) is 0 Å². The fourth-order valence-corrected chi connectivity index (χ4v) is 5.33. The molecule has 2 aromatic carbocycles. The highest BCUT2D eigenvalue weighted by Gasteiger charge is 2.55. The molecule has 0 saturated carbocycles. The van der Waals surface area contributed by atoms with Crippen molar-refractivity contribution in [1.29, 1.82) is 0 Å². The average molecular weight is 542 g/mol. The predicted octanol–water partition coefficient (Wildman–Crippen LogP) is 3.24. The number of amides is 2. The Balaban J connectivity index is 1.61. The molecule has 0 radical (unpaired) electrons. The van der Waals surface area contributed by atoms with Crippen LogP contribution < -0.4 is 0 Å². The van der Waals surface area contributed by atoms with Crippen molar-refractivity contribution < 1.29 is 38.4 Å². The zero-order valence-corrected chi connectivity index (χ0v) is 23.2. The van der Waals surface area contributed by atoms with Crippen molar-refractivity contribution >= 4 is 25.9 Å². The molecule has 38 heavy (non-hydrogen) atoms. The van der Waals surface area contributed by atoms with Gasteiger partial charge in [-0.1, -0.05) is 62.1 Å². The summed E-state index contributed by atoms with van der Waals surface area (Å²) in [6, 6.07) is 15.6. The highest BCUT2D eigenvalue weighted by molar-refractivity contribution is 6.76. The Bertz CT molecular complexity index is 1120. The van der Waals surface area contributed by atoms with Gasteiger partial charge >= 0.3 is 5.97 Å². The number of fused-ring (bicyclic) bond motifs is 1. The Morgan fingerprint density at radius 3 is 2.18 bits per heavy atom. The third-order valence-corrected chi connectivity index (χ3v) is 8.30. The molecule has 9 nitrogen and oxygen atoms in total. The molecule has 10 heteroatoms. The number of benzene rings is 2. The SMILES string of the molecule is CC(=O)O[C@H]1[C@H](O)[C@@H](COCc2ccccc2)O[C@@H](OCC[Si](C)(C)C)[C@@H]1N1C(=O)c2ccccc2C1=O.